The van der Waals surface area contributed by atoms with Gasteiger partial charge in [-0.2, -0.15) is 0 Å². The monoisotopic (exact) mass is 249 g/mol. The quantitative estimate of drug-likeness (QED) is 0.862. The number of benzene rings is 1. The zero-order valence-electron chi connectivity index (χ0n) is 11.0. The van der Waals surface area contributed by atoms with Crippen molar-refractivity contribution in [2.45, 2.75) is 32.7 Å². The Hall–Kier alpha value is -1.35. The molecular formula is C15H20FNO. The zero-order valence-corrected chi connectivity index (χ0v) is 11.0. The third-order valence-corrected chi connectivity index (χ3v) is 3.13. The predicted molar refractivity (Wildman–Crippen MR) is 70.8 cm³/mol. The molecule has 0 spiro atoms. The summed E-state index contributed by atoms with van der Waals surface area (Å²) < 4.78 is 19.0. The molecule has 1 heterocycles. The molecular weight excluding hydrogens is 229 g/mol. The lowest BCUT2D eigenvalue weighted by Gasteiger charge is -2.20. The van der Waals surface area contributed by atoms with E-state index in [1.54, 1.807) is 6.92 Å². The van der Waals surface area contributed by atoms with E-state index >= 15 is 0 Å². The predicted octanol–water partition coefficient (Wildman–Crippen LogP) is 3.48. The smallest absolute Gasteiger partial charge is 0.126 e. The number of aryl methyl sites for hydroxylation is 1. The molecule has 1 N–H and O–H groups in total. The first-order valence-corrected chi connectivity index (χ1v) is 6.54. The zero-order chi connectivity index (χ0) is 13.0. The van der Waals surface area contributed by atoms with Crippen molar-refractivity contribution < 1.29 is 9.13 Å². The van der Waals surface area contributed by atoms with Crippen LogP contribution in [0.25, 0.3) is 0 Å². The molecule has 98 valence electrons. The van der Waals surface area contributed by atoms with Crippen LogP contribution in [0.1, 0.15) is 36.9 Å². The van der Waals surface area contributed by atoms with Crippen molar-refractivity contribution in [2.75, 3.05) is 13.2 Å². The van der Waals surface area contributed by atoms with Gasteiger partial charge >= 0.3 is 0 Å². The van der Waals surface area contributed by atoms with E-state index in [0.717, 1.165) is 37.3 Å². The molecule has 0 aromatic heterocycles. The lowest BCUT2D eigenvalue weighted by molar-refractivity contribution is 0.215. The van der Waals surface area contributed by atoms with Crippen LogP contribution in [0.4, 0.5) is 4.39 Å². The molecule has 1 aromatic carbocycles. The first-order chi connectivity index (χ1) is 8.72. The SMILES string of the molecule is CCCNC(C1=CCCO1)c1ccc(F)c(C)c1. The summed E-state index contributed by atoms with van der Waals surface area (Å²) in [5.41, 5.74) is 1.74. The Morgan fingerprint density at radius 2 is 2.28 bits per heavy atom. The second kappa shape index (κ2) is 6.01. The highest BCUT2D eigenvalue weighted by atomic mass is 19.1. The molecule has 3 heteroatoms. The summed E-state index contributed by atoms with van der Waals surface area (Å²) >= 11 is 0. The average Bonchev–Trinajstić information content (AvgIpc) is 2.88. The van der Waals surface area contributed by atoms with Gasteiger partial charge in [0.2, 0.25) is 0 Å². The van der Waals surface area contributed by atoms with Crippen LogP contribution in [0.5, 0.6) is 0 Å². The van der Waals surface area contributed by atoms with Gasteiger partial charge < -0.3 is 10.1 Å². The van der Waals surface area contributed by atoms with E-state index in [1.807, 2.05) is 12.1 Å². The van der Waals surface area contributed by atoms with Crippen molar-refractivity contribution in [3.05, 3.63) is 47.0 Å². The molecule has 0 aliphatic carbocycles. The summed E-state index contributed by atoms with van der Waals surface area (Å²) in [5, 5.41) is 3.46. The molecule has 0 bridgehead atoms. The van der Waals surface area contributed by atoms with Crippen molar-refractivity contribution >= 4 is 0 Å². The Labute approximate surface area is 108 Å². The highest BCUT2D eigenvalue weighted by molar-refractivity contribution is 5.31. The number of ether oxygens (including phenoxy) is 1. The van der Waals surface area contributed by atoms with Crippen LogP contribution in [0.15, 0.2) is 30.0 Å². The molecule has 0 radical (unpaired) electrons. The maximum absolute atomic E-state index is 13.3. The van der Waals surface area contributed by atoms with Gasteiger partial charge in [0, 0.05) is 6.42 Å². The van der Waals surface area contributed by atoms with E-state index in [-0.39, 0.29) is 11.9 Å². The maximum Gasteiger partial charge on any atom is 0.126 e. The van der Waals surface area contributed by atoms with Gasteiger partial charge in [0.1, 0.15) is 11.6 Å². The molecule has 2 nitrogen and oxygen atoms in total. The molecule has 0 fully saturated rings. The first-order valence-electron chi connectivity index (χ1n) is 6.54. The third-order valence-electron chi connectivity index (χ3n) is 3.13. The topological polar surface area (TPSA) is 21.3 Å². The average molecular weight is 249 g/mol. The molecule has 0 saturated carbocycles. The van der Waals surface area contributed by atoms with Crippen molar-refractivity contribution in [3.63, 3.8) is 0 Å². The van der Waals surface area contributed by atoms with E-state index in [2.05, 4.69) is 18.3 Å². The second-order valence-electron chi connectivity index (χ2n) is 4.64. The van der Waals surface area contributed by atoms with Crippen LogP contribution in [0, 0.1) is 12.7 Å². The summed E-state index contributed by atoms with van der Waals surface area (Å²) in [6.45, 7) is 5.59. The largest absolute Gasteiger partial charge is 0.496 e. The highest BCUT2D eigenvalue weighted by Crippen LogP contribution is 2.27. The fourth-order valence-electron chi connectivity index (χ4n) is 2.16. The van der Waals surface area contributed by atoms with Crippen LogP contribution in [0.2, 0.25) is 0 Å². The highest BCUT2D eigenvalue weighted by Gasteiger charge is 2.20. The summed E-state index contributed by atoms with van der Waals surface area (Å²) in [7, 11) is 0. The van der Waals surface area contributed by atoms with Gasteiger partial charge in [-0.15, -0.1) is 0 Å². The van der Waals surface area contributed by atoms with Gasteiger partial charge in [-0.1, -0.05) is 19.1 Å². The third kappa shape index (κ3) is 2.91. The van der Waals surface area contributed by atoms with Gasteiger partial charge in [0.25, 0.3) is 0 Å². The summed E-state index contributed by atoms with van der Waals surface area (Å²) in [6.07, 6.45) is 4.13. The van der Waals surface area contributed by atoms with Gasteiger partial charge in [-0.05, 0) is 43.2 Å². The summed E-state index contributed by atoms with van der Waals surface area (Å²) in [5.74, 6) is 0.809. The van der Waals surface area contributed by atoms with Crippen LogP contribution in [-0.4, -0.2) is 13.2 Å². The molecule has 1 unspecified atom stereocenters. The molecule has 1 aliphatic heterocycles. The van der Waals surface area contributed by atoms with E-state index in [1.165, 1.54) is 6.07 Å². The minimum atomic E-state index is -0.158. The van der Waals surface area contributed by atoms with Crippen molar-refractivity contribution in [1.82, 2.24) is 5.32 Å². The molecule has 1 aromatic rings. The van der Waals surface area contributed by atoms with Crippen LogP contribution >= 0.6 is 0 Å². The Bertz CT molecular complexity index is 442. The van der Waals surface area contributed by atoms with Gasteiger partial charge in [0.05, 0.1) is 12.6 Å². The summed E-state index contributed by atoms with van der Waals surface area (Å²) in [6, 6.07) is 5.30. The van der Waals surface area contributed by atoms with E-state index in [9.17, 15) is 4.39 Å². The Morgan fingerprint density at radius 1 is 1.44 bits per heavy atom. The molecule has 1 aliphatic rings. The minimum Gasteiger partial charge on any atom is -0.496 e. The van der Waals surface area contributed by atoms with Gasteiger partial charge in [0.15, 0.2) is 0 Å². The standard InChI is InChI=1S/C15H20FNO/c1-3-8-17-15(14-5-4-9-18-14)12-6-7-13(16)11(2)10-12/h5-7,10,15,17H,3-4,8-9H2,1-2H3. The number of nitrogens with one attached hydrogen (secondary N) is 1. The number of hydrogen-bond donors (Lipinski definition) is 1. The fourth-order valence-corrected chi connectivity index (χ4v) is 2.16. The maximum atomic E-state index is 13.3. The number of rotatable bonds is 5. The van der Waals surface area contributed by atoms with Crippen molar-refractivity contribution in [1.29, 1.82) is 0 Å². The Kier molecular flexibility index (Phi) is 4.37. The Morgan fingerprint density at radius 3 is 2.89 bits per heavy atom. The van der Waals surface area contributed by atoms with Gasteiger partial charge in [-0.3, -0.25) is 0 Å². The van der Waals surface area contributed by atoms with E-state index in [0.29, 0.717) is 5.56 Å². The van der Waals surface area contributed by atoms with E-state index in [4.69, 9.17) is 4.74 Å². The first kappa shape index (κ1) is 13.1. The summed E-state index contributed by atoms with van der Waals surface area (Å²) in [4.78, 5) is 0. The lowest BCUT2D eigenvalue weighted by atomic mass is 10.0. The van der Waals surface area contributed by atoms with Crippen LogP contribution in [0.3, 0.4) is 0 Å². The van der Waals surface area contributed by atoms with Gasteiger partial charge in [-0.25, -0.2) is 4.39 Å². The molecule has 1 atom stereocenters. The normalized spacial score (nSPS) is 16.3. The Balaban J connectivity index is 2.23. The minimum absolute atomic E-state index is 0.0479. The second-order valence-corrected chi connectivity index (χ2v) is 4.64. The number of hydrogen-bond acceptors (Lipinski definition) is 2. The molecule has 18 heavy (non-hydrogen) atoms. The van der Waals surface area contributed by atoms with Crippen molar-refractivity contribution in [2.24, 2.45) is 0 Å². The van der Waals surface area contributed by atoms with Crippen LogP contribution in [-0.2, 0) is 4.74 Å². The number of halogens is 1. The molecule has 0 saturated heterocycles. The van der Waals surface area contributed by atoms with E-state index < -0.39 is 0 Å². The lowest BCUT2D eigenvalue weighted by Crippen LogP contribution is -2.24. The fraction of sp³-hybridized carbons (Fsp3) is 0.467. The van der Waals surface area contributed by atoms with Crippen LogP contribution < -0.4 is 5.32 Å². The van der Waals surface area contributed by atoms with Crippen molar-refractivity contribution in [3.8, 4) is 0 Å². The molecule has 2 rings (SSSR count). The molecule has 0 amide bonds.